The number of thiophene rings is 1. The van der Waals surface area contributed by atoms with Crippen molar-refractivity contribution in [1.82, 2.24) is 5.32 Å². The van der Waals surface area contributed by atoms with Crippen LogP contribution in [0.15, 0.2) is 15.9 Å². The maximum absolute atomic E-state index is 11.4. The van der Waals surface area contributed by atoms with Crippen molar-refractivity contribution in [2.24, 2.45) is 0 Å². The third-order valence-corrected chi connectivity index (χ3v) is 3.14. The predicted octanol–water partition coefficient (Wildman–Crippen LogP) is 1.71. The molecule has 0 bridgehead atoms. The lowest BCUT2D eigenvalue weighted by Crippen LogP contribution is -2.37. The van der Waals surface area contributed by atoms with Crippen LogP contribution in [0.3, 0.4) is 0 Å². The fourth-order valence-corrected chi connectivity index (χ4v) is 2.06. The lowest BCUT2D eigenvalue weighted by atomic mass is 10.3. The van der Waals surface area contributed by atoms with Crippen LogP contribution in [0.1, 0.15) is 16.6 Å². The lowest BCUT2D eigenvalue weighted by Gasteiger charge is -2.07. The van der Waals surface area contributed by atoms with Gasteiger partial charge in [-0.05, 0) is 35.0 Å². The van der Waals surface area contributed by atoms with Crippen LogP contribution in [0.2, 0.25) is 0 Å². The van der Waals surface area contributed by atoms with Crippen molar-refractivity contribution in [2.75, 3.05) is 0 Å². The summed E-state index contributed by atoms with van der Waals surface area (Å²) < 4.78 is 0.839. The van der Waals surface area contributed by atoms with Crippen molar-refractivity contribution in [3.63, 3.8) is 0 Å². The molecule has 1 rings (SSSR count). The van der Waals surface area contributed by atoms with E-state index in [0.29, 0.717) is 4.88 Å². The van der Waals surface area contributed by atoms with Gasteiger partial charge in [-0.2, -0.15) is 0 Å². The molecule has 0 aliphatic rings. The summed E-state index contributed by atoms with van der Waals surface area (Å²) in [4.78, 5) is 22.3. The molecule has 1 heterocycles. The summed E-state index contributed by atoms with van der Waals surface area (Å²) in [6, 6.07) is 2.51. The number of amides is 1. The summed E-state index contributed by atoms with van der Waals surface area (Å²) in [5.74, 6) is -1.41. The highest BCUT2D eigenvalue weighted by atomic mass is 79.9. The van der Waals surface area contributed by atoms with Crippen molar-refractivity contribution in [1.29, 1.82) is 0 Å². The van der Waals surface area contributed by atoms with Crippen molar-refractivity contribution in [3.8, 4) is 0 Å². The normalized spacial score (nSPS) is 12.1. The van der Waals surface area contributed by atoms with Gasteiger partial charge in [0.15, 0.2) is 0 Å². The Balaban J connectivity index is 2.63. The Kier molecular flexibility index (Phi) is 3.65. The van der Waals surface area contributed by atoms with Crippen LogP contribution in [0.25, 0.3) is 0 Å². The number of rotatable bonds is 3. The second-order valence-electron chi connectivity index (χ2n) is 2.64. The van der Waals surface area contributed by atoms with E-state index in [2.05, 4.69) is 21.2 Å². The predicted molar refractivity (Wildman–Crippen MR) is 56.6 cm³/mol. The SMILES string of the molecule is C[C@@H](NC(=O)c1ccc(Br)s1)C(=O)O. The van der Waals surface area contributed by atoms with E-state index in [1.54, 1.807) is 12.1 Å². The smallest absolute Gasteiger partial charge is 0.325 e. The van der Waals surface area contributed by atoms with E-state index in [1.807, 2.05) is 0 Å². The monoisotopic (exact) mass is 277 g/mol. The van der Waals surface area contributed by atoms with Crippen LogP contribution in [0, 0.1) is 0 Å². The average Bonchev–Trinajstić information content (AvgIpc) is 2.51. The molecule has 1 atom stereocenters. The van der Waals surface area contributed by atoms with E-state index in [9.17, 15) is 9.59 Å². The van der Waals surface area contributed by atoms with Gasteiger partial charge in [-0.25, -0.2) is 0 Å². The molecule has 4 nitrogen and oxygen atoms in total. The summed E-state index contributed by atoms with van der Waals surface area (Å²) in [6.45, 7) is 1.42. The van der Waals surface area contributed by atoms with E-state index >= 15 is 0 Å². The Morgan fingerprint density at radius 1 is 1.57 bits per heavy atom. The first-order chi connectivity index (χ1) is 6.50. The van der Waals surface area contributed by atoms with E-state index in [0.717, 1.165) is 3.79 Å². The molecule has 0 aliphatic heterocycles. The van der Waals surface area contributed by atoms with Crippen LogP contribution in [-0.4, -0.2) is 23.0 Å². The number of carboxylic acids is 1. The van der Waals surface area contributed by atoms with Gasteiger partial charge in [0.1, 0.15) is 6.04 Å². The maximum atomic E-state index is 11.4. The topological polar surface area (TPSA) is 66.4 Å². The minimum atomic E-state index is -1.05. The molecule has 2 N–H and O–H groups in total. The van der Waals surface area contributed by atoms with E-state index < -0.39 is 12.0 Å². The Bertz CT molecular complexity index is 363. The molecule has 0 unspecified atom stereocenters. The van der Waals surface area contributed by atoms with Gasteiger partial charge in [0.2, 0.25) is 0 Å². The van der Waals surface area contributed by atoms with Gasteiger partial charge >= 0.3 is 5.97 Å². The van der Waals surface area contributed by atoms with Crippen molar-refractivity contribution in [2.45, 2.75) is 13.0 Å². The zero-order chi connectivity index (χ0) is 10.7. The molecule has 0 saturated carbocycles. The summed E-state index contributed by atoms with van der Waals surface area (Å²) in [7, 11) is 0. The third kappa shape index (κ3) is 2.81. The van der Waals surface area contributed by atoms with Gasteiger partial charge in [0.05, 0.1) is 8.66 Å². The number of hydrogen-bond acceptors (Lipinski definition) is 3. The van der Waals surface area contributed by atoms with E-state index in [1.165, 1.54) is 18.3 Å². The second kappa shape index (κ2) is 4.56. The van der Waals surface area contributed by atoms with Crippen LogP contribution < -0.4 is 5.32 Å². The maximum Gasteiger partial charge on any atom is 0.325 e. The molecule has 0 saturated heterocycles. The Labute approximate surface area is 93.1 Å². The number of carbonyl (C=O) groups excluding carboxylic acids is 1. The number of aliphatic carboxylic acids is 1. The highest BCUT2D eigenvalue weighted by Gasteiger charge is 2.16. The first kappa shape index (κ1) is 11.2. The molecule has 14 heavy (non-hydrogen) atoms. The molecule has 0 radical (unpaired) electrons. The molecule has 0 aromatic carbocycles. The third-order valence-electron chi connectivity index (χ3n) is 1.52. The molecule has 0 aliphatic carbocycles. The summed E-state index contributed by atoms with van der Waals surface area (Å²) in [6.07, 6.45) is 0. The largest absolute Gasteiger partial charge is 0.480 e. The summed E-state index contributed by atoms with van der Waals surface area (Å²) in [5, 5.41) is 10.9. The molecule has 1 amide bonds. The second-order valence-corrected chi connectivity index (χ2v) is 5.10. The van der Waals surface area contributed by atoms with E-state index in [4.69, 9.17) is 5.11 Å². The van der Waals surface area contributed by atoms with Gasteiger partial charge in [0.25, 0.3) is 5.91 Å². The number of carboxylic acid groups (broad SMARTS) is 1. The Hall–Kier alpha value is -0.880. The minimum absolute atomic E-state index is 0.365. The quantitative estimate of drug-likeness (QED) is 0.884. The molecule has 0 fully saturated rings. The standard InChI is InChI=1S/C8H8BrNO3S/c1-4(8(12)13)10-7(11)5-2-3-6(9)14-5/h2-4H,1H3,(H,10,11)(H,12,13)/t4-/m1/s1. The number of hydrogen-bond donors (Lipinski definition) is 2. The molecule has 0 spiro atoms. The minimum Gasteiger partial charge on any atom is -0.480 e. The first-order valence-corrected chi connectivity index (χ1v) is 5.40. The first-order valence-electron chi connectivity index (χ1n) is 3.79. The molecular formula is C8H8BrNO3S. The van der Waals surface area contributed by atoms with Gasteiger partial charge in [-0.15, -0.1) is 11.3 Å². The van der Waals surface area contributed by atoms with Crippen molar-refractivity contribution >= 4 is 39.1 Å². The molecule has 1 aromatic rings. The molecule has 1 aromatic heterocycles. The van der Waals surface area contributed by atoms with Crippen LogP contribution in [-0.2, 0) is 4.79 Å². The summed E-state index contributed by atoms with van der Waals surface area (Å²) >= 11 is 4.48. The molecule has 76 valence electrons. The Morgan fingerprint density at radius 3 is 2.64 bits per heavy atom. The van der Waals surface area contributed by atoms with Crippen LogP contribution >= 0.6 is 27.3 Å². The zero-order valence-corrected chi connectivity index (χ0v) is 9.68. The van der Waals surface area contributed by atoms with Gasteiger partial charge < -0.3 is 10.4 Å². The number of carbonyl (C=O) groups is 2. The fourth-order valence-electron chi connectivity index (χ4n) is 0.766. The van der Waals surface area contributed by atoms with Gasteiger partial charge in [-0.1, -0.05) is 0 Å². The summed E-state index contributed by atoms with van der Waals surface area (Å²) in [5.41, 5.74) is 0. The molecular weight excluding hydrogens is 270 g/mol. The number of halogens is 1. The Morgan fingerprint density at radius 2 is 2.21 bits per heavy atom. The lowest BCUT2D eigenvalue weighted by molar-refractivity contribution is -0.138. The van der Waals surface area contributed by atoms with Crippen LogP contribution in [0.4, 0.5) is 0 Å². The van der Waals surface area contributed by atoms with Gasteiger partial charge in [-0.3, -0.25) is 9.59 Å². The fraction of sp³-hybridized carbons (Fsp3) is 0.250. The van der Waals surface area contributed by atoms with Crippen LogP contribution in [0.5, 0.6) is 0 Å². The highest BCUT2D eigenvalue weighted by Crippen LogP contribution is 2.21. The van der Waals surface area contributed by atoms with Crippen molar-refractivity contribution in [3.05, 3.63) is 20.8 Å². The highest BCUT2D eigenvalue weighted by molar-refractivity contribution is 9.11. The van der Waals surface area contributed by atoms with E-state index in [-0.39, 0.29) is 5.91 Å². The van der Waals surface area contributed by atoms with Gasteiger partial charge in [0, 0.05) is 0 Å². The van der Waals surface area contributed by atoms with Crippen molar-refractivity contribution < 1.29 is 14.7 Å². The average molecular weight is 278 g/mol. The number of nitrogens with one attached hydrogen (secondary N) is 1. The molecule has 6 heteroatoms. The zero-order valence-electron chi connectivity index (χ0n) is 7.28.